The Morgan fingerprint density at radius 2 is 1.88 bits per heavy atom. The van der Waals surface area contributed by atoms with Crippen molar-refractivity contribution in [2.75, 3.05) is 18.5 Å². The summed E-state index contributed by atoms with van der Waals surface area (Å²) in [6, 6.07) is 9.21. The van der Waals surface area contributed by atoms with Crippen molar-refractivity contribution in [3.05, 3.63) is 59.7 Å². The molecule has 8 heteroatoms. The fourth-order valence-corrected chi connectivity index (χ4v) is 2.07. The SMILES string of the molecule is NC(=O)Cc1ccccc1NC(=O)NCCOc1ccc(F)cc1F. The van der Waals surface area contributed by atoms with Crippen LogP contribution in [0.1, 0.15) is 5.56 Å². The lowest BCUT2D eigenvalue weighted by Crippen LogP contribution is -2.32. The highest BCUT2D eigenvalue weighted by molar-refractivity contribution is 5.91. The number of anilines is 1. The molecule has 25 heavy (non-hydrogen) atoms. The number of amides is 3. The molecule has 0 unspecified atom stereocenters. The van der Waals surface area contributed by atoms with Crippen molar-refractivity contribution >= 4 is 17.6 Å². The standard InChI is InChI=1S/C17H17F2N3O3/c18-12-5-6-15(13(19)10-12)25-8-7-21-17(24)22-14-4-2-1-3-11(14)9-16(20)23/h1-6,10H,7-9H2,(H2,20,23)(H2,21,22,24). The molecule has 0 fully saturated rings. The lowest BCUT2D eigenvalue weighted by molar-refractivity contribution is -0.117. The molecule has 0 aliphatic carbocycles. The van der Waals surface area contributed by atoms with Gasteiger partial charge in [-0.2, -0.15) is 0 Å². The molecule has 2 rings (SSSR count). The molecule has 4 N–H and O–H groups in total. The maximum Gasteiger partial charge on any atom is 0.319 e. The second kappa shape index (κ2) is 8.62. The molecule has 0 atom stereocenters. The van der Waals surface area contributed by atoms with Crippen LogP contribution in [0.15, 0.2) is 42.5 Å². The average molecular weight is 349 g/mol. The van der Waals surface area contributed by atoms with Crippen LogP contribution in [0.4, 0.5) is 19.3 Å². The minimum Gasteiger partial charge on any atom is -0.489 e. The molecule has 0 aliphatic rings. The zero-order valence-corrected chi connectivity index (χ0v) is 13.2. The second-order valence-electron chi connectivity index (χ2n) is 5.10. The summed E-state index contributed by atoms with van der Waals surface area (Å²) in [5, 5.41) is 5.12. The van der Waals surface area contributed by atoms with Crippen molar-refractivity contribution in [2.24, 2.45) is 5.73 Å². The zero-order chi connectivity index (χ0) is 18.2. The largest absolute Gasteiger partial charge is 0.489 e. The van der Waals surface area contributed by atoms with Gasteiger partial charge in [-0.1, -0.05) is 18.2 Å². The molecule has 132 valence electrons. The van der Waals surface area contributed by atoms with E-state index in [0.717, 1.165) is 6.07 Å². The quantitative estimate of drug-likeness (QED) is 0.669. The van der Waals surface area contributed by atoms with Gasteiger partial charge in [0.05, 0.1) is 13.0 Å². The number of benzene rings is 2. The van der Waals surface area contributed by atoms with E-state index >= 15 is 0 Å². The van der Waals surface area contributed by atoms with Crippen molar-refractivity contribution in [2.45, 2.75) is 6.42 Å². The third-order valence-electron chi connectivity index (χ3n) is 3.17. The number of nitrogens with two attached hydrogens (primary N) is 1. The van der Waals surface area contributed by atoms with Gasteiger partial charge in [-0.3, -0.25) is 4.79 Å². The van der Waals surface area contributed by atoms with Crippen molar-refractivity contribution in [1.82, 2.24) is 5.32 Å². The van der Waals surface area contributed by atoms with Gasteiger partial charge in [-0.15, -0.1) is 0 Å². The van der Waals surface area contributed by atoms with Gasteiger partial charge in [0.1, 0.15) is 12.4 Å². The Morgan fingerprint density at radius 3 is 2.60 bits per heavy atom. The summed E-state index contributed by atoms with van der Waals surface area (Å²) in [4.78, 5) is 22.9. The molecule has 0 heterocycles. The van der Waals surface area contributed by atoms with Crippen LogP contribution in [-0.4, -0.2) is 25.1 Å². The number of para-hydroxylation sites is 1. The van der Waals surface area contributed by atoms with E-state index in [1.54, 1.807) is 24.3 Å². The molecular formula is C17H17F2N3O3. The minimum absolute atomic E-state index is 0.00109. The Balaban J connectivity index is 1.80. The first-order valence-electron chi connectivity index (χ1n) is 7.44. The van der Waals surface area contributed by atoms with Crippen LogP contribution in [-0.2, 0) is 11.2 Å². The highest BCUT2D eigenvalue weighted by atomic mass is 19.1. The summed E-state index contributed by atoms with van der Waals surface area (Å²) in [5.74, 6) is -2.12. The Labute approximate surface area is 143 Å². The first kappa shape index (κ1) is 18.2. The van der Waals surface area contributed by atoms with Gasteiger partial charge in [0.15, 0.2) is 11.6 Å². The molecule has 0 radical (unpaired) electrons. The number of carbonyl (C=O) groups is 2. The maximum atomic E-state index is 13.4. The number of halogens is 2. The van der Waals surface area contributed by atoms with E-state index in [1.807, 2.05) is 0 Å². The highest BCUT2D eigenvalue weighted by Gasteiger charge is 2.09. The van der Waals surface area contributed by atoms with Crippen LogP contribution >= 0.6 is 0 Å². The summed E-state index contributed by atoms with van der Waals surface area (Å²) in [7, 11) is 0. The number of urea groups is 1. The van der Waals surface area contributed by atoms with Gasteiger partial charge in [0, 0.05) is 11.8 Å². The van der Waals surface area contributed by atoms with Gasteiger partial charge in [0.25, 0.3) is 0 Å². The van der Waals surface area contributed by atoms with Crippen LogP contribution in [0.3, 0.4) is 0 Å². The van der Waals surface area contributed by atoms with Gasteiger partial charge in [-0.05, 0) is 23.8 Å². The number of primary amides is 1. The Hall–Kier alpha value is -3.16. The van der Waals surface area contributed by atoms with Crippen LogP contribution < -0.4 is 21.1 Å². The van der Waals surface area contributed by atoms with Crippen LogP contribution in [0.5, 0.6) is 5.75 Å². The first-order valence-corrected chi connectivity index (χ1v) is 7.44. The number of carbonyl (C=O) groups excluding carboxylic acids is 2. The number of hydrogen-bond acceptors (Lipinski definition) is 3. The second-order valence-corrected chi connectivity index (χ2v) is 5.10. The first-order chi connectivity index (χ1) is 12.0. The smallest absolute Gasteiger partial charge is 0.319 e. The predicted molar refractivity (Wildman–Crippen MR) is 88.2 cm³/mol. The van der Waals surface area contributed by atoms with E-state index in [2.05, 4.69) is 10.6 Å². The van der Waals surface area contributed by atoms with Gasteiger partial charge < -0.3 is 21.1 Å². The minimum atomic E-state index is -0.815. The van der Waals surface area contributed by atoms with Crippen molar-refractivity contribution in [1.29, 1.82) is 0 Å². The molecule has 6 nitrogen and oxygen atoms in total. The fourth-order valence-electron chi connectivity index (χ4n) is 2.07. The summed E-state index contributed by atoms with van der Waals surface area (Å²) in [5.41, 5.74) is 6.22. The molecule has 0 spiro atoms. The van der Waals surface area contributed by atoms with Crippen molar-refractivity contribution in [3.8, 4) is 5.75 Å². The lowest BCUT2D eigenvalue weighted by Gasteiger charge is -2.12. The summed E-state index contributed by atoms with van der Waals surface area (Å²) in [6.45, 7) is 0.0968. The van der Waals surface area contributed by atoms with E-state index in [9.17, 15) is 18.4 Å². The third-order valence-corrected chi connectivity index (χ3v) is 3.17. The predicted octanol–water partition coefficient (Wildman–Crippen LogP) is 2.19. The third kappa shape index (κ3) is 5.76. The van der Waals surface area contributed by atoms with Crippen molar-refractivity contribution in [3.63, 3.8) is 0 Å². The number of rotatable bonds is 7. The van der Waals surface area contributed by atoms with Crippen LogP contribution in [0.25, 0.3) is 0 Å². The maximum absolute atomic E-state index is 13.4. The average Bonchev–Trinajstić information content (AvgIpc) is 2.54. The van der Waals surface area contributed by atoms with E-state index in [0.29, 0.717) is 17.3 Å². The zero-order valence-electron chi connectivity index (χ0n) is 13.2. The molecule has 3 amide bonds. The summed E-state index contributed by atoms with van der Waals surface area (Å²) < 4.78 is 31.3. The number of hydrogen-bond donors (Lipinski definition) is 3. The molecule has 0 aliphatic heterocycles. The van der Waals surface area contributed by atoms with E-state index < -0.39 is 23.6 Å². The Bertz CT molecular complexity index is 769. The number of nitrogens with one attached hydrogen (secondary N) is 2. The lowest BCUT2D eigenvalue weighted by atomic mass is 10.1. The topological polar surface area (TPSA) is 93.5 Å². The van der Waals surface area contributed by atoms with Gasteiger partial charge >= 0.3 is 6.03 Å². The molecule has 0 bridgehead atoms. The molecular weight excluding hydrogens is 332 g/mol. The monoisotopic (exact) mass is 349 g/mol. The van der Waals surface area contributed by atoms with E-state index in [4.69, 9.17) is 10.5 Å². The van der Waals surface area contributed by atoms with Crippen LogP contribution in [0.2, 0.25) is 0 Å². The molecule has 0 saturated heterocycles. The van der Waals surface area contributed by atoms with Gasteiger partial charge in [0.2, 0.25) is 5.91 Å². The summed E-state index contributed by atoms with van der Waals surface area (Å²) >= 11 is 0. The number of ether oxygens (including phenoxy) is 1. The highest BCUT2D eigenvalue weighted by Crippen LogP contribution is 2.17. The molecule has 0 saturated carbocycles. The normalized spacial score (nSPS) is 10.2. The van der Waals surface area contributed by atoms with Crippen molar-refractivity contribution < 1.29 is 23.1 Å². The van der Waals surface area contributed by atoms with Gasteiger partial charge in [-0.25, -0.2) is 13.6 Å². The summed E-state index contributed by atoms with van der Waals surface area (Å²) in [6.07, 6.45) is 0.00338. The molecule has 2 aromatic carbocycles. The van der Waals surface area contributed by atoms with E-state index in [-0.39, 0.29) is 25.3 Å². The molecule has 2 aromatic rings. The Morgan fingerprint density at radius 1 is 1.12 bits per heavy atom. The van der Waals surface area contributed by atoms with E-state index in [1.165, 1.54) is 6.07 Å². The molecule has 0 aromatic heterocycles. The Kier molecular flexibility index (Phi) is 6.27. The fraction of sp³-hybridized carbons (Fsp3) is 0.176. The van der Waals surface area contributed by atoms with Crippen LogP contribution in [0, 0.1) is 11.6 Å².